The molecule has 160 valence electrons. The van der Waals surface area contributed by atoms with Gasteiger partial charge in [-0.3, -0.25) is 19.2 Å². The van der Waals surface area contributed by atoms with Crippen molar-refractivity contribution in [3.05, 3.63) is 0 Å². The van der Waals surface area contributed by atoms with E-state index >= 15 is 0 Å². The molecule has 0 saturated carbocycles. The van der Waals surface area contributed by atoms with Crippen LogP contribution in [0.4, 0.5) is 0 Å². The van der Waals surface area contributed by atoms with Gasteiger partial charge in [0, 0.05) is 39.3 Å². The van der Waals surface area contributed by atoms with E-state index in [0.717, 1.165) is 52.0 Å². The molecule has 0 amide bonds. The molecule has 1 heterocycles. The van der Waals surface area contributed by atoms with E-state index < -0.39 is 19.6 Å². The molecular formula is C17H37N4O5P. The number of carbonyl (C=O) groups is 1. The summed E-state index contributed by atoms with van der Waals surface area (Å²) in [4.78, 5) is 36.2. The van der Waals surface area contributed by atoms with E-state index in [2.05, 4.69) is 17.1 Å². The van der Waals surface area contributed by atoms with Crippen molar-refractivity contribution in [3.8, 4) is 0 Å². The normalized spacial score (nSPS) is 22.2. The maximum atomic E-state index is 11.4. The van der Waals surface area contributed by atoms with E-state index in [1.807, 2.05) is 9.80 Å². The minimum absolute atomic E-state index is 0.198. The second kappa shape index (κ2) is 12.8. The van der Waals surface area contributed by atoms with Gasteiger partial charge in [0.05, 0.1) is 0 Å². The van der Waals surface area contributed by atoms with E-state index in [1.165, 1.54) is 0 Å². The minimum atomic E-state index is -4.07. The number of carboxylic acids is 1. The average molecular weight is 408 g/mol. The SMILES string of the molecule is CCCN1CCCN(C(C)C(=O)O)CCNCCCN(CP(=O)(O)O)CC1. The van der Waals surface area contributed by atoms with Crippen molar-refractivity contribution >= 4 is 13.6 Å². The third-order valence-electron chi connectivity index (χ3n) is 4.88. The molecule has 27 heavy (non-hydrogen) atoms. The topological polar surface area (TPSA) is 117 Å². The van der Waals surface area contributed by atoms with E-state index in [4.69, 9.17) is 0 Å². The summed E-state index contributed by atoms with van der Waals surface area (Å²) >= 11 is 0. The van der Waals surface area contributed by atoms with Crippen LogP contribution in [0.15, 0.2) is 0 Å². The zero-order valence-corrected chi connectivity index (χ0v) is 17.6. The Morgan fingerprint density at radius 2 is 1.70 bits per heavy atom. The van der Waals surface area contributed by atoms with Gasteiger partial charge in [-0.1, -0.05) is 6.92 Å². The number of hydrogen-bond acceptors (Lipinski definition) is 6. The number of rotatable bonds is 6. The minimum Gasteiger partial charge on any atom is -0.480 e. The molecule has 0 aromatic carbocycles. The fourth-order valence-corrected chi connectivity index (χ4v) is 4.18. The van der Waals surface area contributed by atoms with Crippen molar-refractivity contribution in [3.63, 3.8) is 0 Å². The maximum Gasteiger partial charge on any atom is 0.339 e. The number of hydrogen-bond donors (Lipinski definition) is 4. The van der Waals surface area contributed by atoms with Crippen molar-refractivity contribution in [1.82, 2.24) is 20.0 Å². The molecule has 0 aromatic rings. The molecular weight excluding hydrogens is 371 g/mol. The van der Waals surface area contributed by atoms with Crippen LogP contribution in [0.2, 0.25) is 0 Å². The van der Waals surface area contributed by atoms with Gasteiger partial charge < -0.3 is 25.1 Å². The zero-order valence-electron chi connectivity index (χ0n) is 16.7. The van der Waals surface area contributed by atoms with Crippen LogP contribution < -0.4 is 5.32 Å². The van der Waals surface area contributed by atoms with Crippen LogP contribution in [0.5, 0.6) is 0 Å². The molecule has 1 rings (SSSR count). The predicted molar refractivity (Wildman–Crippen MR) is 106 cm³/mol. The van der Waals surface area contributed by atoms with Crippen LogP contribution >= 0.6 is 7.60 Å². The quantitative estimate of drug-likeness (QED) is 0.460. The smallest absolute Gasteiger partial charge is 0.339 e. The first-order chi connectivity index (χ1) is 12.7. The zero-order chi connectivity index (χ0) is 20.3. The van der Waals surface area contributed by atoms with Crippen LogP contribution in [0.1, 0.15) is 33.1 Å². The highest BCUT2D eigenvalue weighted by Crippen LogP contribution is 2.34. The lowest BCUT2D eigenvalue weighted by Crippen LogP contribution is -2.45. The molecule has 10 heteroatoms. The van der Waals surface area contributed by atoms with Gasteiger partial charge in [0.1, 0.15) is 12.3 Å². The second-order valence-corrected chi connectivity index (χ2v) is 8.89. The summed E-state index contributed by atoms with van der Waals surface area (Å²) in [7, 11) is -4.07. The summed E-state index contributed by atoms with van der Waals surface area (Å²) in [5.74, 6) is -0.797. The van der Waals surface area contributed by atoms with Crippen molar-refractivity contribution in [2.45, 2.75) is 39.2 Å². The Labute approximate surface area is 162 Å². The van der Waals surface area contributed by atoms with E-state index in [9.17, 15) is 24.3 Å². The summed E-state index contributed by atoms with van der Waals surface area (Å²) in [6, 6.07) is -0.502. The number of aliphatic carboxylic acids is 1. The number of carboxylic acid groups (broad SMARTS) is 1. The Balaban J connectivity index is 2.71. The third-order valence-corrected chi connectivity index (χ3v) is 5.65. The number of nitrogens with zero attached hydrogens (tertiary/aromatic N) is 3. The van der Waals surface area contributed by atoms with E-state index in [1.54, 1.807) is 6.92 Å². The molecule has 0 aromatic heterocycles. The highest BCUT2D eigenvalue weighted by Gasteiger charge is 2.22. The molecule has 0 aliphatic carbocycles. The van der Waals surface area contributed by atoms with Gasteiger partial charge in [-0.25, -0.2) is 0 Å². The summed E-state index contributed by atoms with van der Waals surface area (Å²) in [5, 5.41) is 12.6. The van der Waals surface area contributed by atoms with Crippen LogP contribution in [0, 0.1) is 0 Å². The molecule has 0 radical (unpaired) electrons. The van der Waals surface area contributed by atoms with Crippen molar-refractivity contribution in [2.75, 3.05) is 65.2 Å². The summed E-state index contributed by atoms with van der Waals surface area (Å²) in [6.45, 7) is 10.5. The van der Waals surface area contributed by atoms with E-state index in [0.29, 0.717) is 26.2 Å². The maximum absolute atomic E-state index is 11.4. The molecule has 1 atom stereocenters. The lowest BCUT2D eigenvalue weighted by atomic mass is 10.2. The third kappa shape index (κ3) is 11.1. The second-order valence-electron chi connectivity index (χ2n) is 7.27. The van der Waals surface area contributed by atoms with Crippen molar-refractivity contribution in [1.29, 1.82) is 0 Å². The Morgan fingerprint density at radius 1 is 1.04 bits per heavy atom. The molecule has 0 spiro atoms. The van der Waals surface area contributed by atoms with Crippen LogP contribution in [-0.4, -0.2) is 107 Å². The first-order valence-electron chi connectivity index (χ1n) is 9.89. The summed E-state index contributed by atoms with van der Waals surface area (Å²) < 4.78 is 11.4. The van der Waals surface area contributed by atoms with Crippen LogP contribution in [-0.2, 0) is 9.36 Å². The van der Waals surface area contributed by atoms with Gasteiger partial charge in [0.2, 0.25) is 0 Å². The van der Waals surface area contributed by atoms with Crippen LogP contribution in [0.3, 0.4) is 0 Å². The van der Waals surface area contributed by atoms with Gasteiger partial charge in [-0.15, -0.1) is 0 Å². The fraction of sp³-hybridized carbons (Fsp3) is 0.941. The Hall–Kier alpha value is -0.540. The average Bonchev–Trinajstić information content (AvgIpc) is 2.57. The lowest BCUT2D eigenvalue weighted by Gasteiger charge is -2.30. The molecule has 1 aliphatic heterocycles. The lowest BCUT2D eigenvalue weighted by molar-refractivity contribution is -0.142. The molecule has 9 nitrogen and oxygen atoms in total. The monoisotopic (exact) mass is 408 g/mol. The molecule has 4 N–H and O–H groups in total. The Morgan fingerprint density at radius 3 is 2.33 bits per heavy atom. The molecule has 1 unspecified atom stereocenters. The van der Waals surface area contributed by atoms with E-state index in [-0.39, 0.29) is 6.29 Å². The molecule has 1 fully saturated rings. The van der Waals surface area contributed by atoms with Gasteiger partial charge in [-0.2, -0.15) is 0 Å². The highest BCUT2D eigenvalue weighted by molar-refractivity contribution is 7.51. The number of nitrogens with one attached hydrogen (secondary N) is 1. The van der Waals surface area contributed by atoms with Gasteiger partial charge >= 0.3 is 13.6 Å². The Kier molecular flexibility index (Phi) is 11.6. The summed E-state index contributed by atoms with van der Waals surface area (Å²) in [6.07, 6.45) is 2.48. The van der Waals surface area contributed by atoms with Gasteiger partial charge in [-0.05, 0) is 45.8 Å². The van der Waals surface area contributed by atoms with Gasteiger partial charge in [0.15, 0.2) is 0 Å². The van der Waals surface area contributed by atoms with Crippen molar-refractivity contribution < 1.29 is 24.3 Å². The largest absolute Gasteiger partial charge is 0.480 e. The summed E-state index contributed by atoms with van der Waals surface area (Å²) in [5.41, 5.74) is 0. The Bertz CT molecular complexity index is 476. The molecule has 1 aliphatic rings. The van der Waals surface area contributed by atoms with Gasteiger partial charge in [0.25, 0.3) is 0 Å². The first kappa shape index (κ1) is 24.5. The van der Waals surface area contributed by atoms with Crippen LogP contribution in [0.25, 0.3) is 0 Å². The fourth-order valence-electron chi connectivity index (χ4n) is 3.38. The standard InChI is InChI=1S/C17H37N4O5P/c1-3-8-19-10-5-11-21(16(2)17(22)23)12-7-18-6-4-9-20(14-13-19)15-27(24,25)26/h16,18H,3-15H2,1-2H3,(H,22,23)(H2,24,25,26). The molecule has 1 saturated heterocycles. The first-order valence-corrected chi connectivity index (χ1v) is 11.7. The van der Waals surface area contributed by atoms with Crippen molar-refractivity contribution in [2.24, 2.45) is 0 Å². The predicted octanol–water partition coefficient (Wildman–Crippen LogP) is 0.294. The highest BCUT2D eigenvalue weighted by atomic mass is 31.2. The molecule has 0 bridgehead atoms.